The lowest BCUT2D eigenvalue weighted by atomic mass is 10.0. The Labute approximate surface area is 109 Å². The van der Waals surface area contributed by atoms with Gasteiger partial charge in [0.05, 0.1) is 0 Å². The third-order valence-electron chi connectivity index (χ3n) is 3.67. The number of carbonyl (C=O) groups is 1. The number of rotatable bonds is 2. The molecule has 18 heavy (non-hydrogen) atoms. The fraction of sp³-hybridized carbons (Fsp3) is 0.909. The molecule has 0 aromatic carbocycles. The van der Waals surface area contributed by atoms with Gasteiger partial charge in [-0.3, -0.25) is 4.79 Å². The summed E-state index contributed by atoms with van der Waals surface area (Å²) in [6.45, 7) is 4.42. The van der Waals surface area contributed by atoms with Gasteiger partial charge in [-0.2, -0.15) is 17.0 Å². The van der Waals surface area contributed by atoms with Crippen LogP contribution in [0.15, 0.2) is 0 Å². The van der Waals surface area contributed by atoms with Gasteiger partial charge in [0.2, 0.25) is 5.91 Å². The maximum absolute atomic E-state index is 12.4. The maximum atomic E-state index is 12.4. The summed E-state index contributed by atoms with van der Waals surface area (Å²) in [6, 6.07) is 0. The van der Waals surface area contributed by atoms with Crippen LogP contribution in [-0.4, -0.2) is 55.7 Å². The summed E-state index contributed by atoms with van der Waals surface area (Å²) in [6.07, 6.45) is 2.10. The molecule has 0 radical (unpaired) electrons. The lowest BCUT2D eigenvalue weighted by Gasteiger charge is -2.33. The molecule has 1 N–H and O–H groups in total. The number of hydrogen-bond donors (Lipinski definition) is 1. The van der Waals surface area contributed by atoms with Gasteiger partial charge >= 0.3 is 0 Å². The van der Waals surface area contributed by atoms with E-state index in [2.05, 4.69) is 12.2 Å². The monoisotopic (exact) mass is 275 g/mol. The average molecular weight is 275 g/mol. The highest BCUT2D eigenvalue weighted by molar-refractivity contribution is 7.86. The van der Waals surface area contributed by atoms with E-state index in [1.54, 1.807) is 4.31 Å². The van der Waals surface area contributed by atoms with Crippen LogP contribution in [0.3, 0.4) is 0 Å². The second-order valence-electron chi connectivity index (χ2n) is 5.09. The summed E-state index contributed by atoms with van der Waals surface area (Å²) in [7, 11) is -3.38. The molecule has 0 atom stereocenters. The largest absolute Gasteiger partial charge is 0.355 e. The Bertz CT molecular complexity index is 402. The number of carbonyl (C=O) groups excluding carboxylic acids is 1. The van der Waals surface area contributed by atoms with Crippen molar-refractivity contribution in [1.29, 1.82) is 0 Å². The number of nitrogens with zero attached hydrogens (tertiary/aromatic N) is 2. The second-order valence-corrected chi connectivity index (χ2v) is 7.02. The van der Waals surface area contributed by atoms with Crippen LogP contribution in [0.25, 0.3) is 0 Å². The molecule has 0 bridgehead atoms. The first-order valence-electron chi connectivity index (χ1n) is 6.52. The zero-order chi connectivity index (χ0) is 13.2. The average Bonchev–Trinajstić information content (AvgIpc) is 2.55. The van der Waals surface area contributed by atoms with Crippen molar-refractivity contribution >= 4 is 16.1 Å². The quantitative estimate of drug-likeness (QED) is 0.758. The lowest BCUT2D eigenvalue weighted by molar-refractivity contribution is -0.120. The molecule has 0 aromatic rings. The summed E-state index contributed by atoms with van der Waals surface area (Å²) < 4.78 is 27.8. The van der Waals surface area contributed by atoms with Crippen LogP contribution >= 0.6 is 0 Å². The molecule has 2 aliphatic rings. The van der Waals surface area contributed by atoms with Crippen LogP contribution in [0, 0.1) is 5.92 Å². The van der Waals surface area contributed by atoms with Crippen LogP contribution in [0.2, 0.25) is 0 Å². The Morgan fingerprint density at radius 2 is 1.72 bits per heavy atom. The van der Waals surface area contributed by atoms with Gasteiger partial charge < -0.3 is 5.32 Å². The third kappa shape index (κ3) is 3.02. The standard InChI is InChI=1S/C11H21N3O3S/c1-10-2-6-13(7-3-10)18(16,17)14-8-4-11(15)12-5-9-14/h10H,2-9H2,1H3,(H,12,15). The van der Waals surface area contributed by atoms with Crippen molar-refractivity contribution in [1.82, 2.24) is 13.9 Å². The van der Waals surface area contributed by atoms with E-state index >= 15 is 0 Å². The molecule has 0 spiro atoms. The molecule has 104 valence electrons. The van der Waals surface area contributed by atoms with E-state index in [-0.39, 0.29) is 12.3 Å². The first kappa shape index (κ1) is 13.8. The van der Waals surface area contributed by atoms with Crippen LogP contribution in [0.4, 0.5) is 0 Å². The molecule has 2 saturated heterocycles. The molecular weight excluding hydrogens is 254 g/mol. The molecule has 2 fully saturated rings. The molecule has 0 aromatic heterocycles. The maximum Gasteiger partial charge on any atom is 0.282 e. The minimum atomic E-state index is -3.38. The normalized spacial score (nSPS) is 25.7. The third-order valence-corrected chi connectivity index (χ3v) is 5.70. The molecule has 2 aliphatic heterocycles. The number of nitrogens with one attached hydrogen (secondary N) is 1. The summed E-state index contributed by atoms with van der Waals surface area (Å²) in [5.41, 5.74) is 0. The Morgan fingerprint density at radius 1 is 1.11 bits per heavy atom. The first-order valence-corrected chi connectivity index (χ1v) is 7.92. The van der Waals surface area contributed by atoms with E-state index in [0.29, 0.717) is 38.6 Å². The van der Waals surface area contributed by atoms with Gasteiger partial charge in [0.15, 0.2) is 0 Å². The van der Waals surface area contributed by atoms with Gasteiger partial charge in [-0.25, -0.2) is 0 Å². The van der Waals surface area contributed by atoms with Gasteiger partial charge in [0, 0.05) is 39.1 Å². The number of piperidine rings is 1. The summed E-state index contributed by atoms with van der Waals surface area (Å²) >= 11 is 0. The van der Waals surface area contributed by atoms with Crippen molar-refractivity contribution in [3.63, 3.8) is 0 Å². The topological polar surface area (TPSA) is 69.7 Å². The summed E-state index contributed by atoms with van der Waals surface area (Å²) in [4.78, 5) is 11.2. The molecule has 0 saturated carbocycles. The summed E-state index contributed by atoms with van der Waals surface area (Å²) in [5, 5.41) is 2.69. The highest BCUT2D eigenvalue weighted by Crippen LogP contribution is 2.21. The van der Waals surface area contributed by atoms with Gasteiger partial charge in [0.25, 0.3) is 10.2 Å². The lowest BCUT2D eigenvalue weighted by Crippen LogP contribution is -2.47. The minimum absolute atomic E-state index is 0.0695. The molecule has 1 amide bonds. The molecule has 2 heterocycles. The predicted octanol–water partition coefficient (Wildman–Crippen LogP) is -0.215. The van der Waals surface area contributed by atoms with Crippen LogP contribution in [-0.2, 0) is 15.0 Å². The highest BCUT2D eigenvalue weighted by Gasteiger charge is 2.32. The van der Waals surface area contributed by atoms with E-state index in [9.17, 15) is 13.2 Å². The van der Waals surface area contributed by atoms with Crippen molar-refractivity contribution in [2.75, 3.05) is 32.7 Å². The zero-order valence-corrected chi connectivity index (χ0v) is 11.6. The van der Waals surface area contributed by atoms with E-state index < -0.39 is 10.2 Å². The SMILES string of the molecule is CC1CCN(S(=O)(=O)N2CCNC(=O)CC2)CC1. The van der Waals surface area contributed by atoms with Crippen LogP contribution in [0.1, 0.15) is 26.2 Å². The molecule has 0 aliphatic carbocycles. The fourth-order valence-corrected chi connectivity index (χ4v) is 4.00. The molecular formula is C11H21N3O3S. The zero-order valence-electron chi connectivity index (χ0n) is 10.8. The van der Waals surface area contributed by atoms with Gasteiger partial charge in [0.1, 0.15) is 0 Å². The van der Waals surface area contributed by atoms with Crippen LogP contribution in [0.5, 0.6) is 0 Å². The second kappa shape index (κ2) is 5.54. The molecule has 2 rings (SSSR count). The van der Waals surface area contributed by atoms with Crippen molar-refractivity contribution in [3.8, 4) is 0 Å². The van der Waals surface area contributed by atoms with Crippen molar-refractivity contribution in [2.45, 2.75) is 26.2 Å². The Kier molecular flexibility index (Phi) is 4.24. The van der Waals surface area contributed by atoms with Gasteiger partial charge in [-0.15, -0.1) is 0 Å². The van der Waals surface area contributed by atoms with Gasteiger partial charge in [-0.05, 0) is 18.8 Å². The van der Waals surface area contributed by atoms with Crippen molar-refractivity contribution in [2.24, 2.45) is 5.92 Å². The first-order chi connectivity index (χ1) is 8.50. The highest BCUT2D eigenvalue weighted by atomic mass is 32.2. The molecule has 7 heteroatoms. The predicted molar refractivity (Wildman–Crippen MR) is 68.1 cm³/mol. The van der Waals surface area contributed by atoms with E-state index in [0.717, 1.165) is 12.8 Å². The fourth-order valence-electron chi connectivity index (χ4n) is 2.36. The number of hydrogen-bond acceptors (Lipinski definition) is 3. The smallest absolute Gasteiger partial charge is 0.282 e. The Balaban J connectivity index is 2.03. The van der Waals surface area contributed by atoms with E-state index in [1.165, 1.54) is 4.31 Å². The Hall–Kier alpha value is -0.660. The minimum Gasteiger partial charge on any atom is -0.355 e. The summed E-state index contributed by atoms with van der Waals surface area (Å²) in [5.74, 6) is 0.531. The van der Waals surface area contributed by atoms with E-state index in [4.69, 9.17) is 0 Å². The van der Waals surface area contributed by atoms with Crippen LogP contribution < -0.4 is 5.32 Å². The number of amides is 1. The molecule has 0 unspecified atom stereocenters. The Morgan fingerprint density at radius 3 is 2.39 bits per heavy atom. The molecule has 6 nitrogen and oxygen atoms in total. The van der Waals surface area contributed by atoms with E-state index in [1.807, 2.05) is 0 Å². The van der Waals surface area contributed by atoms with Crippen molar-refractivity contribution < 1.29 is 13.2 Å². The van der Waals surface area contributed by atoms with Gasteiger partial charge in [-0.1, -0.05) is 6.92 Å². The van der Waals surface area contributed by atoms with Crippen molar-refractivity contribution in [3.05, 3.63) is 0 Å².